The second-order valence-corrected chi connectivity index (χ2v) is 10.6. The molecule has 19 nitrogen and oxygen atoms in total. The molecule has 0 fully saturated rings. The molecule has 0 aliphatic rings. The minimum absolute atomic E-state index is 0.0116. The van der Waals surface area contributed by atoms with Gasteiger partial charge in [-0.2, -0.15) is 0 Å². The van der Waals surface area contributed by atoms with Crippen molar-refractivity contribution in [2.45, 2.75) is 24.1 Å². The number of hydrogen-bond donors (Lipinski definition) is 3. The van der Waals surface area contributed by atoms with Crippen molar-refractivity contribution in [2.24, 2.45) is 0 Å². The molecule has 0 heterocycles. The van der Waals surface area contributed by atoms with Crippen molar-refractivity contribution >= 4 is 59.2 Å². The third-order valence-electron chi connectivity index (χ3n) is 5.95. The van der Waals surface area contributed by atoms with Crippen molar-refractivity contribution < 1.29 is 57.9 Å². The number of nitrogens with one attached hydrogen (secondary N) is 2. The van der Waals surface area contributed by atoms with Crippen molar-refractivity contribution in [3.63, 3.8) is 0 Å². The third kappa shape index (κ3) is 17.3. The van der Waals surface area contributed by atoms with Gasteiger partial charge in [-0.25, -0.2) is 4.79 Å². The van der Waals surface area contributed by atoms with E-state index in [-0.39, 0.29) is 95.9 Å². The second kappa shape index (κ2) is 24.0. The van der Waals surface area contributed by atoms with E-state index in [1.165, 1.54) is 19.2 Å². The molecule has 0 aliphatic carbocycles. The lowest BCUT2D eigenvalue weighted by molar-refractivity contribution is -0.393. The summed E-state index contributed by atoms with van der Waals surface area (Å²) in [5.74, 6) is -2.55. The van der Waals surface area contributed by atoms with Gasteiger partial charge in [-0.05, 0) is 6.07 Å². The summed E-state index contributed by atoms with van der Waals surface area (Å²) in [5.41, 5.74) is -0.650. The lowest BCUT2D eigenvalue weighted by atomic mass is 10.2. The van der Waals surface area contributed by atoms with Crippen molar-refractivity contribution in [3.8, 4) is 0 Å². The van der Waals surface area contributed by atoms with Crippen LogP contribution >= 0.6 is 11.8 Å². The van der Waals surface area contributed by atoms with Gasteiger partial charge in [-0.1, -0.05) is 0 Å². The summed E-state index contributed by atoms with van der Waals surface area (Å²) in [4.78, 5) is 79.3. The number of non-ortho nitro benzene ring substituents is 1. The number of hydrogen-bond acceptors (Lipinski definition) is 15. The Kier molecular flexibility index (Phi) is 20.8. The molecule has 3 N–H and O–H groups in total. The summed E-state index contributed by atoms with van der Waals surface area (Å²) in [6.45, 7) is 1.76. The van der Waals surface area contributed by atoms with Crippen LogP contribution in [0.2, 0.25) is 0 Å². The van der Waals surface area contributed by atoms with Crippen LogP contribution in [0.4, 0.5) is 17.1 Å². The predicted molar refractivity (Wildman–Crippen MR) is 166 cm³/mol. The van der Waals surface area contributed by atoms with E-state index in [1.54, 1.807) is 0 Å². The van der Waals surface area contributed by atoms with Gasteiger partial charge in [0, 0.05) is 38.3 Å². The zero-order valence-corrected chi connectivity index (χ0v) is 26.6. The maximum absolute atomic E-state index is 12.4. The van der Waals surface area contributed by atoms with Gasteiger partial charge in [0.1, 0.15) is 24.3 Å². The molecular weight excluding hydrogens is 650 g/mol. The quantitative estimate of drug-likeness (QED) is 0.0462. The van der Waals surface area contributed by atoms with E-state index in [1.807, 2.05) is 0 Å². The average molecular weight is 690 g/mol. The Labute approximate surface area is 273 Å². The summed E-state index contributed by atoms with van der Waals surface area (Å²) >= 11 is 0.901. The van der Waals surface area contributed by atoms with Crippen LogP contribution in [0, 0.1) is 20.2 Å². The number of thioether (sulfide) groups is 1. The number of amides is 2. The molecule has 262 valence electrons. The third-order valence-corrected chi connectivity index (χ3v) is 7.27. The Morgan fingerprint density at radius 1 is 0.936 bits per heavy atom. The van der Waals surface area contributed by atoms with Gasteiger partial charge in [0.2, 0.25) is 11.8 Å². The fraction of sp³-hybridized carbons (Fsp3) is 0.593. The van der Waals surface area contributed by atoms with E-state index in [0.29, 0.717) is 12.6 Å². The number of nitro groups is 2. The van der Waals surface area contributed by atoms with E-state index in [0.717, 1.165) is 22.7 Å². The van der Waals surface area contributed by atoms with Crippen LogP contribution in [-0.4, -0.2) is 140 Å². The number of carbonyl (C=O) groups is 5. The highest BCUT2D eigenvalue weighted by Gasteiger charge is 2.27. The van der Waals surface area contributed by atoms with Crippen LogP contribution in [0.5, 0.6) is 0 Å². The number of carbonyl (C=O) groups excluding carboxylic acids is 4. The molecule has 1 rings (SSSR count). The Morgan fingerprint density at radius 3 is 2.06 bits per heavy atom. The monoisotopic (exact) mass is 689 g/mol. The minimum Gasteiger partial charge on any atom is -0.480 e. The number of anilines is 1. The van der Waals surface area contributed by atoms with Crippen molar-refractivity contribution in [2.75, 3.05) is 84.1 Å². The minimum atomic E-state index is -1.31. The molecule has 0 bridgehead atoms. The number of ether oxygens (including phenoxy) is 4. The number of carboxylic acids is 1. The maximum atomic E-state index is 12.4. The Hall–Kier alpha value is -4.24. The van der Waals surface area contributed by atoms with Crippen LogP contribution < -0.4 is 10.6 Å². The number of nitrogens with zero attached hydrogens (tertiary/aromatic N) is 3. The van der Waals surface area contributed by atoms with E-state index in [4.69, 9.17) is 18.9 Å². The predicted octanol–water partition coefficient (Wildman–Crippen LogP) is 0.289. The van der Waals surface area contributed by atoms with E-state index in [9.17, 15) is 49.3 Å². The van der Waals surface area contributed by atoms with Crippen molar-refractivity contribution in [1.29, 1.82) is 0 Å². The molecule has 2 amide bonds. The maximum Gasteiger partial charge on any atom is 0.327 e. The fourth-order valence-corrected chi connectivity index (χ4v) is 4.74. The van der Waals surface area contributed by atoms with E-state index < -0.39 is 44.6 Å². The normalized spacial score (nSPS) is 12.0. The molecule has 0 saturated carbocycles. The molecule has 0 aliphatic heterocycles. The molecule has 0 radical (unpaired) electrons. The number of carboxylic acid groups (broad SMARTS) is 1. The Balaban J connectivity index is 2.11. The number of aliphatic carboxylic acids is 1. The smallest absolute Gasteiger partial charge is 0.327 e. The number of benzene rings is 1. The van der Waals surface area contributed by atoms with E-state index >= 15 is 0 Å². The first-order valence-corrected chi connectivity index (χ1v) is 15.3. The molecule has 2 atom stereocenters. The fourth-order valence-electron chi connectivity index (χ4n) is 3.55. The topological polar surface area (TPSA) is 256 Å². The van der Waals surface area contributed by atoms with Gasteiger partial charge >= 0.3 is 5.97 Å². The van der Waals surface area contributed by atoms with Crippen LogP contribution in [0.1, 0.15) is 12.8 Å². The van der Waals surface area contributed by atoms with Gasteiger partial charge in [0.15, 0.2) is 0 Å². The van der Waals surface area contributed by atoms with Crippen molar-refractivity contribution in [3.05, 3.63) is 38.4 Å². The standard InChI is InChI=1S/C27H39N5O14S/c1-30(7-9-34)26(36)24(4-8-33)47-19-22(27(37)38)29-25(35)5-10-43-12-14-45-16-17-46-15-13-44-11-6-28-21-3-2-20(31(39)40)18-23(21)32(41)42/h2-3,8-9,18,22,24,28H,4-7,10-17,19H2,1H3,(H,29,35)(H,37,38). The summed E-state index contributed by atoms with van der Waals surface area (Å²) in [5, 5.41) is 35.6. The molecule has 0 aromatic heterocycles. The number of likely N-dealkylation sites (N-methyl/N-ethyl adjacent to an activating group) is 1. The van der Waals surface area contributed by atoms with Crippen LogP contribution in [0.15, 0.2) is 18.2 Å². The van der Waals surface area contributed by atoms with E-state index in [2.05, 4.69) is 10.6 Å². The molecule has 0 spiro atoms. The highest BCUT2D eigenvalue weighted by molar-refractivity contribution is 8.00. The highest BCUT2D eigenvalue weighted by Crippen LogP contribution is 2.28. The first-order valence-electron chi connectivity index (χ1n) is 14.2. The summed E-state index contributed by atoms with van der Waals surface area (Å²) in [6.07, 6.45) is 0.769. The van der Waals surface area contributed by atoms with Crippen LogP contribution in [0.25, 0.3) is 0 Å². The summed E-state index contributed by atoms with van der Waals surface area (Å²) in [7, 11) is 1.39. The number of aldehydes is 2. The molecular formula is C27H39N5O14S. The largest absolute Gasteiger partial charge is 0.480 e. The second-order valence-electron chi connectivity index (χ2n) is 9.41. The first kappa shape index (κ1) is 40.8. The Bertz CT molecular complexity index is 1190. The molecule has 20 heteroatoms. The van der Waals surface area contributed by atoms with Crippen LogP contribution in [0.3, 0.4) is 0 Å². The molecule has 2 unspecified atom stereocenters. The summed E-state index contributed by atoms with van der Waals surface area (Å²) < 4.78 is 21.4. The van der Waals surface area contributed by atoms with Gasteiger partial charge in [-0.3, -0.25) is 29.8 Å². The number of rotatable bonds is 28. The van der Waals surface area contributed by atoms with Gasteiger partial charge < -0.3 is 49.2 Å². The number of nitro benzene ring substituents is 2. The zero-order valence-electron chi connectivity index (χ0n) is 25.7. The van der Waals surface area contributed by atoms with Crippen molar-refractivity contribution in [1.82, 2.24) is 10.2 Å². The average Bonchev–Trinajstić information content (AvgIpc) is 3.03. The lowest BCUT2D eigenvalue weighted by Gasteiger charge is -2.22. The SMILES string of the molecule is CN(CC=O)C(=O)C(CC=O)SCC(NC(=O)CCOCCOCCOCCOCCNc1ccc([N+](=O)[O-])cc1[N+](=O)[O-])C(=O)O. The highest BCUT2D eigenvalue weighted by atomic mass is 32.2. The zero-order chi connectivity index (χ0) is 35.0. The molecule has 0 saturated heterocycles. The van der Waals surface area contributed by atoms with Gasteiger partial charge in [0.05, 0.1) is 80.6 Å². The molecule has 47 heavy (non-hydrogen) atoms. The molecule has 1 aromatic rings. The first-order chi connectivity index (χ1) is 22.5. The lowest BCUT2D eigenvalue weighted by Crippen LogP contribution is -2.44. The van der Waals surface area contributed by atoms with Gasteiger partial charge in [-0.15, -0.1) is 11.8 Å². The molecule has 1 aromatic carbocycles. The van der Waals surface area contributed by atoms with Gasteiger partial charge in [0.25, 0.3) is 11.4 Å². The van der Waals surface area contributed by atoms with Crippen LogP contribution in [-0.2, 0) is 42.9 Å². The summed E-state index contributed by atoms with van der Waals surface area (Å²) in [6, 6.07) is 2.01. The Morgan fingerprint density at radius 2 is 1.53 bits per heavy atom.